The van der Waals surface area contributed by atoms with Crippen LogP contribution in [0.3, 0.4) is 0 Å². The van der Waals surface area contributed by atoms with Crippen molar-refractivity contribution in [3.8, 4) is 9.75 Å². The summed E-state index contributed by atoms with van der Waals surface area (Å²) in [5.74, 6) is -1.00. The first-order chi connectivity index (χ1) is 7.08. The maximum absolute atomic E-state index is 10.9. The molecule has 0 fully saturated rings. The number of carboxylic acid groups (broad SMARTS) is 1. The van der Waals surface area contributed by atoms with Crippen molar-refractivity contribution in [2.75, 3.05) is 0 Å². The zero-order valence-corrected chi connectivity index (χ0v) is 11.8. The van der Waals surface area contributed by atoms with E-state index in [1.807, 2.05) is 11.4 Å². The molecule has 0 saturated heterocycles. The van der Waals surface area contributed by atoms with Crippen molar-refractivity contribution in [3.05, 3.63) is 25.5 Å². The van der Waals surface area contributed by atoms with E-state index in [4.69, 9.17) is 5.11 Å². The van der Waals surface area contributed by atoms with Crippen LogP contribution in [0.15, 0.2) is 19.8 Å². The van der Waals surface area contributed by atoms with E-state index in [-0.39, 0.29) is 5.69 Å². The molecule has 3 nitrogen and oxygen atoms in total. The van der Waals surface area contributed by atoms with Gasteiger partial charge in [0.2, 0.25) is 0 Å². The molecule has 0 unspecified atom stereocenters. The zero-order valence-electron chi connectivity index (χ0n) is 7.03. The molecule has 2 aromatic rings. The van der Waals surface area contributed by atoms with Crippen LogP contribution in [0.5, 0.6) is 0 Å². The third-order valence-electron chi connectivity index (χ3n) is 1.59. The summed E-state index contributed by atoms with van der Waals surface area (Å²) in [7, 11) is 0. The van der Waals surface area contributed by atoms with E-state index >= 15 is 0 Å². The van der Waals surface area contributed by atoms with Crippen molar-refractivity contribution in [3.63, 3.8) is 0 Å². The van der Waals surface area contributed by atoms with E-state index in [2.05, 4.69) is 36.8 Å². The Bertz CT molecular complexity index is 520. The number of halogens is 2. The van der Waals surface area contributed by atoms with Crippen LogP contribution in [0.2, 0.25) is 0 Å². The standard InChI is InChI=1S/C8H3Br2NO2S2/c9-3-1-4(14-2-3)6-5(7(12)13)11-8(10)15-6/h1-2H,(H,12,13). The summed E-state index contributed by atoms with van der Waals surface area (Å²) in [5.41, 5.74) is 0.0984. The lowest BCUT2D eigenvalue weighted by atomic mass is 10.3. The Morgan fingerprint density at radius 2 is 2.20 bits per heavy atom. The molecule has 0 aromatic carbocycles. The highest BCUT2D eigenvalue weighted by Crippen LogP contribution is 2.37. The lowest BCUT2D eigenvalue weighted by Gasteiger charge is -1.92. The summed E-state index contributed by atoms with van der Waals surface area (Å²) in [6.45, 7) is 0. The molecule has 0 spiro atoms. The summed E-state index contributed by atoms with van der Waals surface area (Å²) in [4.78, 5) is 16.4. The molecule has 2 heterocycles. The summed E-state index contributed by atoms with van der Waals surface area (Å²) < 4.78 is 1.53. The summed E-state index contributed by atoms with van der Waals surface area (Å²) in [5, 5.41) is 10.9. The first kappa shape index (κ1) is 11.3. The number of carbonyl (C=O) groups is 1. The Labute approximate surface area is 110 Å². The number of aromatic nitrogens is 1. The van der Waals surface area contributed by atoms with Crippen molar-refractivity contribution in [2.45, 2.75) is 0 Å². The molecule has 2 rings (SSSR count). The highest BCUT2D eigenvalue weighted by atomic mass is 79.9. The van der Waals surface area contributed by atoms with Gasteiger partial charge in [-0.15, -0.1) is 22.7 Å². The first-order valence-corrected chi connectivity index (χ1v) is 7.00. The maximum atomic E-state index is 10.9. The van der Waals surface area contributed by atoms with Gasteiger partial charge >= 0.3 is 5.97 Å². The van der Waals surface area contributed by atoms with Gasteiger partial charge in [-0.25, -0.2) is 9.78 Å². The summed E-state index contributed by atoms with van der Waals surface area (Å²) >= 11 is 9.34. The van der Waals surface area contributed by atoms with Crippen molar-refractivity contribution < 1.29 is 9.90 Å². The lowest BCUT2D eigenvalue weighted by Crippen LogP contribution is -1.97. The third-order valence-corrected chi connectivity index (χ3v) is 4.97. The largest absolute Gasteiger partial charge is 0.476 e. The van der Waals surface area contributed by atoms with Crippen LogP contribution in [-0.4, -0.2) is 16.1 Å². The van der Waals surface area contributed by atoms with Crippen molar-refractivity contribution >= 4 is 60.5 Å². The molecule has 7 heteroatoms. The van der Waals surface area contributed by atoms with Crippen molar-refractivity contribution in [1.29, 1.82) is 0 Å². The smallest absolute Gasteiger partial charge is 0.356 e. The highest BCUT2D eigenvalue weighted by Gasteiger charge is 2.18. The molecular weight excluding hydrogens is 366 g/mol. The molecule has 1 N–H and O–H groups in total. The molecular formula is C8H3Br2NO2S2. The normalized spacial score (nSPS) is 10.5. The lowest BCUT2D eigenvalue weighted by molar-refractivity contribution is 0.0692. The van der Waals surface area contributed by atoms with Crippen LogP contribution in [-0.2, 0) is 0 Å². The monoisotopic (exact) mass is 367 g/mol. The van der Waals surface area contributed by atoms with Gasteiger partial charge in [-0.05, 0) is 37.9 Å². The minimum Gasteiger partial charge on any atom is -0.476 e. The molecule has 0 atom stereocenters. The molecule has 15 heavy (non-hydrogen) atoms. The van der Waals surface area contributed by atoms with Crippen LogP contribution in [0.4, 0.5) is 0 Å². The fourth-order valence-electron chi connectivity index (χ4n) is 1.04. The average molecular weight is 369 g/mol. The Morgan fingerprint density at radius 3 is 2.73 bits per heavy atom. The van der Waals surface area contributed by atoms with Crippen LogP contribution < -0.4 is 0 Å². The molecule has 0 bridgehead atoms. The Balaban J connectivity index is 2.56. The van der Waals surface area contributed by atoms with Gasteiger partial charge in [-0.3, -0.25) is 0 Å². The number of hydrogen-bond donors (Lipinski definition) is 1. The Kier molecular flexibility index (Phi) is 3.24. The Hall–Kier alpha value is -0.240. The number of thiophene rings is 1. The maximum Gasteiger partial charge on any atom is 0.356 e. The second-order valence-corrected chi connectivity index (χ2v) is 6.68. The van der Waals surface area contributed by atoms with Gasteiger partial charge in [0.15, 0.2) is 9.61 Å². The molecule has 0 aliphatic heterocycles. The number of thiazole rings is 1. The molecule has 0 radical (unpaired) electrons. The number of hydrogen-bond acceptors (Lipinski definition) is 4. The summed E-state index contributed by atoms with van der Waals surface area (Å²) in [6.07, 6.45) is 0. The molecule has 0 aliphatic carbocycles. The number of aromatic carboxylic acids is 1. The van der Waals surface area contributed by atoms with E-state index in [1.165, 1.54) is 22.7 Å². The van der Waals surface area contributed by atoms with E-state index in [0.29, 0.717) is 8.79 Å². The molecule has 0 aliphatic rings. The van der Waals surface area contributed by atoms with Gasteiger partial charge < -0.3 is 5.11 Å². The molecule has 78 valence electrons. The van der Waals surface area contributed by atoms with Gasteiger partial charge in [-0.2, -0.15) is 0 Å². The number of nitrogens with zero attached hydrogens (tertiary/aromatic N) is 1. The Morgan fingerprint density at radius 1 is 1.47 bits per heavy atom. The van der Waals surface area contributed by atoms with E-state index in [0.717, 1.165) is 9.35 Å². The molecule has 0 saturated carbocycles. The number of rotatable bonds is 2. The van der Waals surface area contributed by atoms with Crippen LogP contribution in [0.1, 0.15) is 10.5 Å². The van der Waals surface area contributed by atoms with Gasteiger partial charge in [0, 0.05) is 14.7 Å². The van der Waals surface area contributed by atoms with Crippen LogP contribution in [0.25, 0.3) is 9.75 Å². The van der Waals surface area contributed by atoms with Gasteiger partial charge in [0.05, 0.1) is 4.88 Å². The van der Waals surface area contributed by atoms with Gasteiger partial charge in [-0.1, -0.05) is 0 Å². The second-order valence-electron chi connectivity index (χ2n) is 2.58. The van der Waals surface area contributed by atoms with E-state index in [1.54, 1.807) is 0 Å². The predicted octanol–water partition coefficient (Wildman–Crippen LogP) is 4.09. The molecule has 2 aromatic heterocycles. The van der Waals surface area contributed by atoms with Gasteiger partial charge in [0.1, 0.15) is 0 Å². The highest BCUT2D eigenvalue weighted by molar-refractivity contribution is 9.11. The van der Waals surface area contributed by atoms with Crippen molar-refractivity contribution in [2.24, 2.45) is 0 Å². The van der Waals surface area contributed by atoms with Crippen molar-refractivity contribution in [1.82, 2.24) is 4.98 Å². The summed E-state index contributed by atoms with van der Waals surface area (Å²) in [6, 6.07) is 1.89. The van der Waals surface area contributed by atoms with E-state index < -0.39 is 5.97 Å². The first-order valence-electron chi connectivity index (χ1n) is 3.72. The fourth-order valence-corrected chi connectivity index (χ4v) is 4.03. The average Bonchev–Trinajstić information content (AvgIpc) is 2.71. The number of carboxylic acids is 1. The van der Waals surface area contributed by atoms with Crippen LogP contribution >= 0.6 is 54.5 Å². The topological polar surface area (TPSA) is 50.2 Å². The zero-order chi connectivity index (χ0) is 11.0. The quantitative estimate of drug-likeness (QED) is 0.868. The predicted molar refractivity (Wildman–Crippen MR) is 67.8 cm³/mol. The van der Waals surface area contributed by atoms with E-state index in [9.17, 15) is 4.79 Å². The third kappa shape index (κ3) is 2.30. The SMILES string of the molecule is O=C(O)c1nc(Br)sc1-c1cc(Br)cs1. The van der Waals surface area contributed by atoms with Crippen LogP contribution in [0, 0.1) is 0 Å². The fraction of sp³-hybridized carbons (Fsp3) is 0. The molecule has 0 amide bonds. The second kappa shape index (κ2) is 4.32. The minimum atomic E-state index is -1.00. The minimum absolute atomic E-state index is 0.0984. The van der Waals surface area contributed by atoms with Gasteiger partial charge in [0.25, 0.3) is 0 Å².